The molecule has 9 nitrogen and oxygen atoms in total. The molecule has 4 rings (SSSR count). The van der Waals surface area contributed by atoms with Crippen LogP contribution in [0.3, 0.4) is 0 Å². The highest BCUT2D eigenvalue weighted by molar-refractivity contribution is 7.16. The number of aliphatic carboxylic acids is 1. The molecule has 0 radical (unpaired) electrons. The van der Waals surface area contributed by atoms with E-state index >= 15 is 0 Å². The lowest BCUT2D eigenvalue weighted by Gasteiger charge is -2.37. The van der Waals surface area contributed by atoms with Gasteiger partial charge in [-0.15, -0.1) is 11.3 Å². The van der Waals surface area contributed by atoms with Crippen LogP contribution in [0, 0.1) is 5.92 Å². The second-order valence-corrected chi connectivity index (χ2v) is 9.55. The van der Waals surface area contributed by atoms with Gasteiger partial charge in [0.25, 0.3) is 0 Å². The predicted octanol–water partition coefficient (Wildman–Crippen LogP) is 4.02. The minimum Gasteiger partial charge on any atom is -0.497 e. The Morgan fingerprint density at radius 3 is 2.39 bits per heavy atom. The summed E-state index contributed by atoms with van der Waals surface area (Å²) in [4.78, 5) is 32.5. The number of alkyl halides is 3. The number of nitrogens with one attached hydrogen (secondary N) is 2. The average molecular weight is 554 g/mol. The van der Waals surface area contributed by atoms with Crippen molar-refractivity contribution < 1.29 is 32.6 Å². The van der Waals surface area contributed by atoms with Gasteiger partial charge in [-0.25, -0.2) is 14.8 Å². The van der Waals surface area contributed by atoms with Gasteiger partial charge in [0.2, 0.25) is 5.91 Å². The number of rotatable bonds is 8. The van der Waals surface area contributed by atoms with Gasteiger partial charge in [-0.2, -0.15) is 13.2 Å². The average Bonchev–Trinajstić information content (AvgIpc) is 3.38. The Bertz CT molecular complexity index is 1200. The summed E-state index contributed by atoms with van der Waals surface area (Å²) in [7, 11) is 1.69. The molecule has 3 N–H and O–H groups in total. The smallest absolute Gasteiger partial charge is 0.490 e. The molecule has 13 heteroatoms. The molecule has 0 spiro atoms. The number of fused-ring (bicyclic) bond motifs is 1. The van der Waals surface area contributed by atoms with Crippen LogP contribution < -0.4 is 20.3 Å². The summed E-state index contributed by atoms with van der Waals surface area (Å²) in [5.74, 6) is -0.349. The Balaban J connectivity index is 0.000000505. The van der Waals surface area contributed by atoms with Crippen LogP contribution in [0.15, 0.2) is 42.0 Å². The van der Waals surface area contributed by atoms with E-state index in [1.54, 1.807) is 31.7 Å². The molecule has 1 unspecified atom stereocenters. The number of carboxylic acid groups (broad SMARTS) is 1. The fourth-order valence-corrected chi connectivity index (χ4v) is 5.04. The highest BCUT2D eigenvalue weighted by Gasteiger charge is 2.38. The molecule has 0 saturated carbocycles. The largest absolute Gasteiger partial charge is 0.497 e. The summed E-state index contributed by atoms with van der Waals surface area (Å²) in [6.45, 7) is 4.84. The number of ether oxygens (including phenoxy) is 1. The van der Waals surface area contributed by atoms with Gasteiger partial charge in [-0.3, -0.25) is 4.79 Å². The van der Waals surface area contributed by atoms with Crippen LogP contribution in [0.25, 0.3) is 10.2 Å². The molecule has 0 bridgehead atoms. The molecule has 1 aliphatic rings. The normalized spacial score (nSPS) is 14.9. The maximum Gasteiger partial charge on any atom is 0.490 e. The fourth-order valence-electron chi connectivity index (χ4n) is 4.31. The molecule has 3 heterocycles. The Morgan fingerprint density at radius 2 is 1.82 bits per heavy atom. The van der Waals surface area contributed by atoms with E-state index in [9.17, 15) is 18.0 Å². The van der Waals surface area contributed by atoms with Gasteiger partial charge in [0.05, 0.1) is 12.5 Å². The van der Waals surface area contributed by atoms with E-state index in [4.69, 9.17) is 14.6 Å². The van der Waals surface area contributed by atoms with Crippen LogP contribution in [0.1, 0.15) is 31.4 Å². The van der Waals surface area contributed by atoms with Gasteiger partial charge < -0.3 is 25.4 Å². The number of anilines is 1. The van der Waals surface area contributed by atoms with Crippen molar-refractivity contribution >= 4 is 39.2 Å². The van der Waals surface area contributed by atoms with Crippen molar-refractivity contribution in [3.05, 3.63) is 47.6 Å². The molecule has 1 aliphatic heterocycles. The van der Waals surface area contributed by atoms with E-state index in [2.05, 4.69) is 49.1 Å². The summed E-state index contributed by atoms with van der Waals surface area (Å²) < 4.78 is 37.1. The van der Waals surface area contributed by atoms with E-state index in [0.717, 1.165) is 54.3 Å². The molecule has 1 atom stereocenters. The molecule has 38 heavy (non-hydrogen) atoms. The van der Waals surface area contributed by atoms with E-state index < -0.39 is 12.1 Å². The lowest BCUT2D eigenvalue weighted by atomic mass is 9.85. The summed E-state index contributed by atoms with van der Waals surface area (Å²) in [6, 6.07) is 10.7. The second-order valence-electron chi connectivity index (χ2n) is 8.65. The van der Waals surface area contributed by atoms with Crippen molar-refractivity contribution in [1.29, 1.82) is 0 Å². The third-order valence-electron chi connectivity index (χ3n) is 6.13. The molecule has 1 fully saturated rings. The minimum absolute atomic E-state index is 0.000650. The number of benzene rings is 1. The van der Waals surface area contributed by atoms with Crippen LogP contribution in [0.2, 0.25) is 0 Å². The first-order valence-corrected chi connectivity index (χ1v) is 12.8. The zero-order valence-corrected chi connectivity index (χ0v) is 21.8. The Kier molecular flexibility index (Phi) is 10.2. The summed E-state index contributed by atoms with van der Waals surface area (Å²) >= 11 is 1.66. The number of amides is 1. The lowest BCUT2D eigenvalue weighted by molar-refractivity contribution is -0.192. The molecule has 3 aromatic rings. The number of methoxy groups -OCH3 is 1. The molecule has 1 aromatic carbocycles. The van der Waals surface area contributed by atoms with Crippen molar-refractivity contribution in [1.82, 2.24) is 20.6 Å². The number of nitrogens with zero attached hydrogens (tertiary/aromatic N) is 3. The summed E-state index contributed by atoms with van der Waals surface area (Å²) in [5, 5.41) is 16.9. The van der Waals surface area contributed by atoms with Gasteiger partial charge in [-0.1, -0.05) is 12.1 Å². The molecular weight excluding hydrogens is 523 g/mol. The second kappa shape index (κ2) is 13.4. The number of hydrogen-bond acceptors (Lipinski definition) is 8. The van der Waals surface area contributed by atoms with E-state index in [1.165, 1.54) is 5.56 Å². The monoisotopic (exact) mass is 553 g/mol. The van der Waals surface area contributed by atoms with Gasteiger partial charge in [0.15, 0.2) is 0 Å². The minimum atomic E-state index is -5.08. The zero-order valence-electron chi connectivity index (χ0n) is 21.0. The first-order chi connectivity index (χ1) is 18.1. The number of aromatic nitrogens is 2. The number of thiophene rings is 1. The quantitative estimate of drug-likeness (QED) is 0.358. The SMILES string of the molecule is COc1ccc(C(NCCNC(C)=O)C2CCN(c3ncnc4sccc34)CC2)cc1.O=C(O)C(F)(F)F. The van der Waals surface area contributed by atoms with Crippen molar-refractivity contribution in [2.45, 2.75) is 32.0 Å². The van der Waals surface area contributed by atoms with Crippen LogP contribution >= 0.6 is 11.3 Å². The Hall–Kier alpha value is -3.45. The maximum atomic E-state index is 11.2. The first-order valence-electron chi connectivity index (χ1n) is 11.9. The molecule has 2 aromatic heterocycles. The number of carbonyl (C=O) groups is 2. The molecule has 1 saturated heterocycles. The number of carboxylic acids is 1. The molecule has 206 valence electrons. The third kappa shape index (κ3) is 8.02. The van der Waals surface area contributed by atoms with Crippen molar-refractivity contribution in [3.8, 4) is 5.75 Å². The van der Waals surface area contributed by atoms with Gasteiger partial charge in [0, 0.05) is 39.1 Å². The van der Waals surface area contributed by atoms with Crippen LogP contribution in [0.4, 0.5) is 19.0 Å². The summed E-state index contributed by atoms with van der Waals surface area (Å²) in [6.07, 6.45) is -1.27. The molecular formula is C25H30F3N5O4S. The summed E-state index contributed by atoms with van der Waals surface area (Å²) in [5.41, 5.74) is 1.25. The van der Waals surface area contributed by atoms with Gasteiger partial charge >= 0.3 is 12.1 Å². The van der Waals surface area contributed by atoms with Crippen LogP contribution in [-0.2, 0) is 9.59 Å². The first kappa shape index (κ1) is 29.1. The Morgan fingerprint density at radius 1 is 1.16 bits per heavy atom. The van der Waals surface area contributed by atoms with Gasteiger partial charge in [-0.05, 0) is 47.9 Å². The third-order valence-corrected chi connectivity index (χ3v) is 6.95. The molecule has 1 amide bonds. The number of hydrogen-bond donors (Lipinski definition) is 3. The van der Waals surface area contributed by atoms with E-state index in [-0.39, 0.29) is 11.9 Å². The van der Waals surface area contributed by atoms with E-state index in [1.807, 2.05) is 12.1 Å². The predicted molar refractivity (Wildman–Crippen MR) is 138 cm³/mol. The Labute approximate surface area is 222 Å². The van der Waals surface area contributed by atoms with Crippen molar-refractivity contribution in [3.63, 3.8) is 0 Å². The topological polar surface area (TPSA) is 117 Å². The van der Waals surface area contributed by atoms with Crippen LogP contribution in [-0.4, -0.2) is 66.4 Å². The number of piperidine rings is 1. The van der Waals surface area contributed by atoms with E-state index in [0.29, 0.717) is 12.5 Å². The molecule has 0 aliphatic carbocycles. The highest BCUT2D eigenvalue weighted by atomic mass is 32.1. The number of halogens is 3. The maximum absolute atomic E-state index is 11.2. The van der Waals surface area contributed by atoms with Crippen LogP contribution in [0.5, 0.6) is 5.75 Å². The number of carbonyl (C=O) groups excluding carboxylic acids is 1. The zero-order chi connectivity index (χ0) is 27.7. The van der Waals surface area contributed by atoms with Crippen molar-refractivity contribution in [2.24, 2.45) is 5.92 Å². The fraction of sp³-hybridized carbons (Fsp3) is 0.440. The lowest BCUT2D eigenvalue weighted by Crippen LogP contribution is -2.41. The highest BCUT2D eigenvalue weighted by Crippen LogP contribution is 2.35. The van der Waals surface area contributed by atoms with Crippen molar-refractivity contribution in [2.75, 3.05) is 38.2 Å². The van der Waals surface area contributed by atoms with Gasteiger partial charge in [0.1, 0.15) is 22.7 Å². The standard InChI is InChI=1S/C23H29N5O2S.C2HF3O2/c1-16(29)24-10-11-25-21(17-3-5-19(30-2)6-4-17)18-7-12-28(13-8-18)22-20-9-14-31-23(20)27-15-26-22;3-2(4,5)1(6)7/h3-6,9,14-15,18,21,25H,7-8,10-13H2,1-2H3,(H,24,29);(H,6,7).